The zero-order chi connectivity index (χ0) is 23.7. The molecule has 0 radical (unpaired) electrons. The second-order valence-corrected chi connectivity index (χ2v) is 11.9. The Hall–Kier alpha value is -1.06. The number of aliphatic hydroxyl groups excluding tert-OH is 3. The summed E-state index contributed by atoms with van der Waals surface area (Å²) in [7, 11) is 0. The minimum atomic E-state index is -1.71. The molecule has 5 fully saturated rings. The predicted octanol–water partition coefficient (Wildman–Crippen LogP) is 1.88. The highest BCUT2D eigenvalue weighted by Crippen LogP contribution is 2.66. The molecule has 1 aliphatic heterocycles. The number of ether oxygens (including phenoxy) is 2. The predicted molar refractivity (Wildman–Crippen MR) is 116 cm³/mol. The van der Waals surface area contributed by atoms with E-state index in [-0.39, 0.29) is 16.9 Å². The van der Waals surface area contributed by atoms with Gasteiger partial charge in [-0.25, -0.2) is 4.79 Å². The van der Waals surface area contributed by atoms with E-state index in [4.69, 9.17) is 9.47 Å². The molecule has 33 heavy (non-hydrogen) atoms. The smallest absolute Gasteiger partial charge is 0.335 e. The van der Waals surface area contributed by atoms with Crippen LogP contribution in [-0.2, 0) is 19.1 Å². The normalized spacial score (nSPS) is 54.3. The van der Waals surface area contributed by atoms with E-state index in [0.29, 0.717) is 35.9 Å². The van der Waals surface area contributed by atoms with E-state index in [1.807, 2.05) is 0 Å². The Balaban J connectivity index is 1.32. The fraction of sp³-hybridized carbons (Fsp3) is 0.920. The van der Waals surface area contributed by atoms with Gasteiger partial charge in [0.2, 0.25) is 0 Å². The fourth-order valence-corrected chi connectivity index (χ4v) is 8.55. The van der Waals surface area contributed by atoms with Crippen molar-refractivity contribution in [2.75, 3.05) is 0 Å². The van der Waals surface area contributed by atoms with E-state index in [9.17, 15) is 30.0 Å². The maximum atomic E-state index is 12.1. The van der Waals surface area contributed by atoms with E-state index in [1.54, 1.807) is 0 Å². The molecule has 0 aromatic carbocycles. The summed E-state index contributed by atoms with van der Waals surface area (Å²) in [6.45, 7) is 4.66. The molecule has 12 atom stereocenters. The standard InChI is InChI=1S/C25H38O8/c1-24-9-7-13(26)11-12(24)3-4-14-15-5-6-17(25(15,2)10-8-16(14)24)32-23-20(29)18(27)19(28)21(33-23)22(30)31/h12,14-21,23,27-29H,3-11H2,1-2H3,(H,30,31)/t12-,14-,15+,16-,17+,18-,19-,20+,21+,23+,24-,25-/m0/s1. The number of rotatable bonds is 3. The van der Waals surface area contributed by atoms with E-state index in [0.717, 1.165) is 51.4 Å². The van der Waals surface area contributed by atoms with Crippen molar-refractivity contribution in [3.05, 3.63) is 0 Å². The van der Waals surface area contributed by atoms with Crippen molar-refractivity contribution in [2.24, 2.45) is 34.5 Å². The first kappa shape index (κ1) is 23.7. The Bertz CT molecular complexity index is 801. The minimum Gasteiger partial charge on any atom is -0.479 e. The van der Waals surface area contributed by atoms with Crippen molar-refractivity contribution in [3.63, 3.8) is 0 Å². The molecule has 5 rings (SSSR count). The zero-order valence-electron chi connectivity index (χ0n) is 19.6. The Morgan fingerprint density at radius 3 is 2.39 bits per heavy atom. The molecule has 0 spiro atoms. The molecule has 1 saturated heterocycles. The first-order valence-corrected chi connectivity index (χ1v) is 12.7. The Kier molecular flexibility index (Phi) is 5.93. The van der Waals surface area contributed by atoms with Crippen molar-refractivity contribution in [3.8, 4) is 0 Å². The number of aliphatic carboxylic acids is 1. The van der Waals surface area contributed by atoms with Crippen molar-refractivity contribution in [1.29, 1.82) is 0 Å². The van der Waals surface area contributed by atoms with Gasteiger partial charge in [0, 0.05) is 12.8 Å². The highest BCUT2D eigenvalue weighted by molar-refractivity contribution is 5.79. The number of hydrogen-bond donors (Lipinski definition) is 4. The molecule has 186 valence electrons. The molecule has 0 aromatic heterocycles. The van der Waals surface area contributed by atoms with Gasteiger partial charge in [0.25, 0.3) is 0 Å². The molecule has 0 amide bonds. The third kappa shape index (κ3) is 3.59. The molecular formula is C25H38O8. The topological polar surface area (TPSA) is 134 Å². The Morgan fingerprint density at radius 2 is 1.67 bits per heavy atom. The van der Waals surface area contributed by atoms with E-state index >= 15 is 0 Å². The number of carboxylic acid groups (broad SMARTS) is 1. The van der Waals surface area contributed by atoms with Crippen LogP contribution in [0.3, 0.4) is 0 Å². The lowest BCUT2D eigenvalue weighted by molar-refractivity contribution is -0.313. The maximum Gasteiger partial charge on any atom is 0.335 e. The molecule has 4 saturated carbocycles. The first-order chi connectivity index (χ1) is 15.6. The molecular weight excluding hydrogens is 428 g/mol. The number of carbonyl (C=O) groups is 2. The van der Waals surface area contributed by atoms with Crippen LogP contribution in [0.5, 0.6) is 0 Å². The summed E-state index contributed by atoms with van der Waals surface area (Å²) in [6.07, 6.45) is 0.569. The second-order valence-electron chi connectivity index (χ2n) is 11.9. The summed E-state index contributed by atoms with van der Waals surface area (Å²) < 4.78 is 11.6. The van der Waals surface area contributed by atoms with Gasteiger partial charge in [-0.2, -0.15) is 0 Å². The van der Waals surface area contributed by atoms with Gasteiger partial charge in [-0.05, 0) is 79.4 Å². The molecule has 4 N–H and O–H groups in total. The molecule has 8 heteroatoms. The molecule has 0 aromatic rings. The van der Waals surface area contributed by atoms with Crippen molar-refractivity contribution in [1.82, 2.24) is 0 Å². The van der Waals surface area contributed by atoms with Gasteiger partial charge < -0.3 is 29.9 Å². The summed E-state index contributed by atoms with van der Waals surface area (Å²) in [5.41, 5.74) is 0.117. The molecule has 8 nitrogen and oxygen atoms in total. The lowest BCUT2D eigenvalue weighted by Gasteiger charge is -2.60. The monoisotopic (exact) mass is 466 g/mol. The number of carbonyl (C=O) groups excluding carboxylic acids is 1. The molecule has 1 heterocycles. The number of aliphatic hydroxyl groups is 3. The van der Waals surface area contributed by atoms with Gasteiger partial charge >= 0.3 is 5.97 Å². The molecule has 5 aliphatic rings. The quantitative estimate of drug-likeness (QED) is 0.495. The van der Waals surface area contributed by atoms with Gasteiger partial charge in [0.15, 0.2) is 12.4 Å². The van der Waals surface area contributed by atoms with Gasteiger partial charge in [-0.15, -0.1) is 0 Å². The van der Waals surface area contributed by atoms with Crippen molar-refractivity contribution in [2.45, 2.75) is 108 Å². The highest BCUT2D eigenvalue weighted by Gasteiger charge is 2.61. The number of carboxylic acids is 1. The third-order valence-electron chi connectivity index (χ3n) is 10.5. The van der Waals surface area contributed by atoms with Crippen LogP contribution in [-0.4, -0.2) is 69.0 Å². The van der Waals surface area contributed by atoms with Crippen LogP contribution in [0.2, 0.25) is 0 Å². The highest BCUT2D eigenvalue weighted by atomic mass is 16.7. The number of Topliss-reactive ketones (excluding diaryl/α,β-unsaturated/α-hetero) is 1. The van der Waals surface area contributed by atoms with E-state index in [1.165, 1.54) is 0 Å². The average molecular weight is 467 g/mol. The Labute approximate surface area is 194 Å². The van der Waals surface area contributed by atoms with Crippen LogP contribution in [0.25, 0.3) is 0 Å². The number of hydrogen-bond acceptors (Lipinski definition) is 7. The van der Waals surface area contributed by atoms with E-state index in [2.05, 4.69) is 13.8 Å². The summed E-state index contributed by atoms with van der Waals surface area (Å²) in [6, 6.07) is 0. The third-order valence-corrected chi connectivity index (χ3v) is 10.5. The summed E-state index contributed by atoms with van der Waals surface area (Å²) in [5.74, 6) is 1.21. The lowest BCUT2D eigenvalue weighted by Crippen LogP contribution is -2.61. The summed E-state index contributed by atoms with van der Waals surface area (Å²) >= 11 is 0. The van der Waals surface area contributed by atoms with Crippen LogP contribution in [0, 0.1) is 34.5 Å². The van der Waals surface area contributed by atoms with Gasteiger partial charge in [-0.1, -0.05) is 13.8 Å². The van der Waals surface area contributed by atoms with Crippen LogP contribution in [0.4, 0.5) is 0 Å². The van der Waals surface area contributed by atoms with E-state index < -0.39 is 36.7 Å². The molecule has 0 unspecified atom stereocenters. The molecule has 0 bridgehead atoms. The maximum absolute atomic E-state index is 12.1. The van der Waals surface area contributed by atoms with Gasteiger partial charge in [-0.3, -0.25) is 4.79 Å². The molecule has 4 aliphatic carbocycles. The fourth-order valence-electron chi connectivity index (χ4n) is 8.55. The van der Waals surface area contributed by atoms with Crippen LogP contribution >= 0.6 is 0 Å². The van der Waals surface area contributed by atoms with Crippen LogP contribution in [0.1, 0.15) is 71.6 Å². The largest absolute Gasteiger partial charge is 0.479 e. The average Bonchev–Trinajstić information content (AvgIpc) is 3.10. The van der Waals surface area contributed by atoms with Gasteiger partial charge in [0.05, 0.1) is 6.10 Å². The van der Waals surface area contributed by atoms with Crippen LogP contribution < -0.4 is 0 Å². The second kappa shape index (κ2) is 8.26. The summed E-state index contributed by atoms with van der Waals surface area (Å²) in [5, 5.41) is 39.9. The summed E-state index contributed by atoms with van der Waals surface area (Å²) in [4.78, 5) is 23.6. The zero-order valence-corrected chi connectivity index (χ0v) is 19.6. The lowest BCUT2D eigenvalue weighted by atomic mass is 9.45. The first-order valence-electron chi connectivity index (χ1n) is 12.7. The minimum absolute atomic E-state index is 0.113. The van der Waals surface area contributed by atoms with Gasteiger partial charge in [0.1, 0.15) is 24.1 Å². The SMILES string of the molecule is C[C@]12CC[C@H]3[C@@H](CC[C@H]4CC(=O)CC[C@@]43C)[C@H]1CC[C@H]2O[C@@H]1O[C@@H](C(=O)O)[C@@H](O)[C@H](O)[C@H]1O. The van der Waals surface area contributed by atoms with Crippen molar-refractivity contribution >= 4 is 11.8 Å². The van der Waals surface area contributed by atoms with Crippen molar-refractivity contribution < 1.29 is 39.5 Å². The number of fused-ring (bicyclic) bond motifs is 5. The number of ketones is 1. The van der Waals surface area contributed by atoms with Crippen LogP contribution in [0.15, 0.2) is 0 Å². The Morgan fingerprint density at radius 1 is 0.939 bits per heavy atom.